The fourth-order valence-corrected chi connectivity index (χ4v) is 3.08. The fraction of sp³-hybridized carbons (Fsp3) is 0.190. The molecule has 2 heterocycles. The van der Waals surface area contributed by atoms with E-state index >= 15 is 0 Å². The van der Waals surface area contributed by atoms with Gasteiger partial charge in [0.2, 0.25) is 5.82 Å². The van der Waals surface area contributed by atoms with Crippen molar-refractivity contribution in [1.82, 2.24) is 10.1 Å². The van der Waals surface area contributed by atoms with Gasteiger partial charge in [0.1, 0.15) is 11.3 Å². The number of benzene rings is 2. The van der Waals surface area contributed by atoms with Gasteiger partial charge in [-0.25, -0.2) is 4.79 Å². The fourth-order valence-electron chi connectivity index (χ4n) is 3.08. The highest BCUT2D eigenvalue weighted by atomic mass is 16.6. The van der Waals surface area contributed by atoms with Gasteiger partial charge >= 0.3 is 5.63 Å². The number of hydrogen-bond acceptors (Lipinski definition) is 8. The third kappa shape index (κ3) is 4.04. The molecule has 0 fully saturated rings. The van der Waals surface area contributed by atoms with Crippen LogP contribution in [0.15, 0.2) is 62.3 Å². The van der Waals surface area contributed by atoms with Gasteiger partial charge in [-0.15, -0.1) is 0 Å². The number of nitro benzene ring substituents is 1. The van der Waals surface area contributed by atoms with Crippen LogP contribution in [0.2, 0.25) is 0 Å². The Morgan fingerprint density at radius 3 is 2.67 bits per heavy atom. The van der Waals surface area contributed by atoms with Crippen molar-refractivity contribution < 1.29 is 18.6 Å². The molecule has 2 aromatic carbocycles. The summed E-state index contributed by atoms with van der Waals surface area (Å²) in [4.78, 5) is 26.3. The molecule has 0 saturated carbocycles. The zero-order chi connectivity index (χ0) is 21.1. The van der Waals surface area contributed by atoms with E-state index in [1.807, 2.05) is 13.0 Å². The number of fused-ring (bicyclic) bond motifs is 1. The molecule has 2 aromatic heterocycles. The number of aryl methyl sites for hydroxylation is 1. The van der Waals surface area contributed by atoms with Crippen molar-refractivity contribution in [3.8, 4) is 17.1 Å². The standard InChI is InChI=1S/C21H17N3O6/c1-2-3-14-10-20(25)29-18-11-16(8-9-17(14)18)28-12-19-22-21(23-30-19)13-4-6-15(7-5-13)24(26)27/h4-11H,2-3,12H2,1H3. The Bertz CT molecular complexity index is 1260. The van der Waals surface area contributed by atoms with E-state index in [1.54, 1.807) is 24.3 Å². The summed E-state index contributed by atoms with van der Waals surface area (Å²) in [5.74, 6) is 1.04. The highest BCUT2D eigenvalue weighted by molar-refractivity contribution is 5.81. The van der Waals surface area contributed by atoms with E-state index in [0.717, 1.165) is 23.8 Å². The molecule has 0 saturated heterocycles. The van der Waals surface area contributed by atoms with Crippen molar-refractivity contribution in [3.63, 3.8) is 0 Å². The highest BCUT2D eigenvalue weighted by Crippen LogP contribution is 2.25. The summed E-state index contributed by atoms with van der Waals surface area (Å²) < 4.78 is 16.2. The molecule has 0 aliphatic heterocycles. The Balaban J connectivity index is 1.49. The zero-order valence-electron chi connectivity index (χ0n) is 16.0. The molecule has 152 valence electrons. The second kappa shape index (κ2) is 8.16. The molecule has 0 N–H and O–H groups in total. The van der Waals surface area contributed by atoms with Gasteiger partial charge in [0.05, 0.1) is 4.92 Å². The van der Waals surface area contributed by atoms with Crippen LogP contribution in [0.1, 0.15) is 24.8 Å². The van der Waals surface area contributed by atoms with Crippen molar-refractivity contribution >= 4 is 16.7 Å². The number of nitro groups is 1. The van der Waals surface area contributed by atoms with Crippen molar-refractivity contribution in [2.45, 2.75) is 26.4 Å². The largest absolute Gasteiger partial charge is 0.484 e. The van der Waals surface area contributed by atoms with Crippen molar-refractivity contribution in [2.75, 3.05) is 0 Å². The lowest BCUT2D eigenvalue weighted by atomic mass is 10.1. The predicted octanol–water partition coefficient (Wildman–Crippen LogP) is 4.28. The van der Waals surface area contributed by atoms with Gasteiger partial charge < -0.3 is 13.7 Å². The normalized spacial score (nSPS) is 11.0. The summed E-state index contributed by atoms with van der Waals surface area (Å²) >= 11 is 0. The average Bonchev–Trinajstić information content (AvgIpc) is 3.21. The minimum atomic E-state index is -0.476. The number of ether oxygens (including phenoxy) is 1. The van der Waals surface area contributed by atoms with E-state index < -0.39 is 10.5 Å². The molecule has 0 unspecified atom stereocenters. The Hall–Kier alpha value is -4.01. The monoisotopic (exact) mass is 407 g/mol. The smallest absolute Gasteiger partial charge is 0.336 e. The summed E-state index contributed by atoms with van der Waals surface area (Å²) in [6, 6.07) is 12.7. The number of rotatable bonds is 7. The Kier molecular flexibility index (Phi) is 5.25. The predicted molar refractivity (Wildman–Crippen MR) is 107 cm³/mol. The molecule has 0 radical (unpaired) electrons. The molecule has 4 aromatic rings. The Morgan fingerprint density at radius 2 is 1.93 bits per heavy atom. The van der Waals surface area contributed by atoms with Crippen LogP contribution in [0.5, 0.6) is 5.75 Å². The molecule has 0 atom stereocenters. The van der Waals surface area contributed by atoms with Crippen LogP contribution in [0.25, 0.3) is 22.4 Å². The minimum absolute atomic E-state index is 0.0177. The molecule has 4 rings (SSSR count). The lowest BCUT2D eigenvalue weighted by molar-refractivity contribution is -0.384. The van der Waals surface area contributed by atoms with Crippen LogP contribution < -0.4 is 10.4 Å². The first-order chi connectivity index (χ1) is 14.5. The Labute approximate surface area is 170 Å². The van der Waals surface area contributed by atoms with Crippen LogP contribution in [0.3, 0.4) is 0 Å². The molecular formula is C21H17N3O6. The quantitative estimate of drug-likeness (QED) is 0.253. The van der Waals surface area contributed by atoms with E-state index in [0.29, 0.717) is 22.7 Å². The van der Waals surface area contributed by atoms with E-state index in [-0.39, 0.29) is 18.2 Å². The topological polar surface area (TPSA) is 122 Å². The van der Waals surface area contributed by atoms with Crippen LogP contribution in [-0.4, -0.2) is 15.1 Å². The van der Waals surface area contributed by atoms with Crippen LogP contribution in [-0.2, 0) is 13.0 Å². The third-order valence-electron chi connectivity index (χ3n) is 4.49. The minimum Gasteiger partial charge on any atom is -0.484 e. The molecule has 9 heteroatoms. The maximum absolute atomic E-state index is 11.8. The van der Waals surface area contributed by atoms with Gasteiger partial charge in [-0.1, -0.05) is 18.5 Å². The zero-order valence-corrected chi connectivity index (χ0v) is 16.0. The first kappa shape index (κ1) is 19.3. The molecule has 0 bridgehead atoms. The molecule has 30 heavy (non-hydrogen) atoms. The van der Waals surface area contributed by atoms with Gasteiger partial charge in [-0.3, -0.25) is 10.1 Å². The van der Waals surface area contributed by atoms with Gasteiger partial charge in [0.25, 0.3) is 11.6 Å². The highest BCUT2D eigenvalue weighted by Gasteiger charge is 2.12. The number of aromatic nitrogens is 2. The second-order valence-corrected chi connectivity index (χ2v) is 6.60. The van der Waals surface area contributed by atoms with Crippen molar-refractivity contribution in [2.24, 2.45) is 0 Å². The molecule has 9 nitrogen and oxygen atoms in total. The van der Waals surface area contributed by atoms with Gasteiger partial charge in [0, 0.05) is 35.2 Å². The number of nitrogens with zero attached hydrogens (tertiary/aromatic N) is 3. The lowest BCUT2D eigenvalue weighted by Gasteiger charge is -2.07. The Morgan fingerprint density at radius 1 is 1.13 bits per heavy atom. The molecular weight excluding hydrogens is 390 g/mol. The van der Waals surface area contributed by atoms with E-state index in [9.17, 15) is 14.9 Å². The summed E-state index contributed by atoms with van der Waals surface area (Å²) in [6.45, 7) is 2.07. The third-order valence-corrected chi connectivity index (χ3v) is 4.49. The second-order valence-electron chi connectivity index (χ2n) is 6.60. The average molecular weight is 407 g/mol. The summed E-state index contributed by atoms with van der Waals surface area (Å²) in [5.41, 5.74) is 1.58. The first-order valence-electron chi connectivity index (χ1n) is 9.30. The molecule has 0 amide bonds. The van der Waals surface area contributed by atoms with Gasteiger partial charge in [-0.2, -0.15) is 4.98 Å². The maximum Gasteiger partial charge on any atom is 0.336 e. The van der Waals surface area contributed by atoms with E-state index in [2.05, 4.69) is 10.1 Å². The van der Waals surface area contributed by atoms with Crippen molar-refractivity contribution in [3.05, 3.63) is 80.5 Å². The van der Waals surface area contributed by atoms with Gasteiger partial charge in [-0.05, 0) is 36.2 Å². The first-order valence-corrected chi connectivity index (χ1v) is 9.30. The lowest BCUT2D eigenvalue weighted by Crippen LogP contribution is -2.01. The SMILES string of the molecule is CCCc1cc(=O)oc2cc(OCc3nc(-c4ccc([N+](=O)[O-])cc4)no3)ccc12. The molecule has 0 spiro atoms. The summed E-state index contributed by atoms with van der Waals surface area (Å²) in [6.07, 6.45) is 1.71. The molecule has 0 aliphatic carbocycles. The van der Waals surface area contributed by atoms with Crippen molar-refractivity contribution in [1.29, 1.82) is 0 Å². The maximum atomic E-state index is 11.8. The van der Waals surface area contributed by atoms with Crippen LogP contribution in [0.4, 0.5) is 5.69 Å². The van der Waals surface area contributed by atoms with E-state index in [1.165, 1.54) is 18.2 Å². The number of non-ortho nitro benzene ring substituents is 1. The summed E-state index contributed by atoms with van der Waals surface area (Å²) in [5, 5.41) is 15.5. The van der Waals surface area contributed by atoms with Gasteiger partial charge in [0.15, 0.2) is 6.61 Å². The summed E-state index contributed by atoms with van der Waals surface area (Å²) in [7, 11) is 0. The number of hydrogen-bond donors (Lipinski definition) is 0. The molecule has 0 aliphatic rings. The van der Waals surface area contributed by atoms with E-state index in [4.69, 9.17) is 13.7 Å². The van der Waals surface area contributed by atoms with Crippen LogP contribution in [0, 0.1) is 10.1 Å². The van der Waals surface area contributed by atoms with Crippen LogP contribution >= 0.6 is 0 Å².